The number of rotatable bonds is 0. The van der Waals surface area contributed by atoms with Crippen LogP contribution in [0.1, 0.15) is 59.8 Å². The Morgan fingerprint density at radius 1 is 0.938 bits per heavy atom. The standard InChI is InChI=1S/C10H19NO.2C2H6/c1-11-7-8-12-10-6-4-2-3-5-9(10)11;2*1-2/h9-10H,2-8H2,1H3;2*1-2H3. The van der Waals surface area contributed by atoms with Crippen molar-refractivity contribution in [1.82, 2.24) is 4.90 Å². The summed E-state index contributed by atoms with van der Waals surface area (Å²) in [5, 5.41) is 0. The first kappa shape index (κ1) is 15.9. The highest BCUT2D eigenvalue weighted by Crippen LogP contribution is 2.26. The molecular weight excluding hydrogens is 198 g/mol. The molecule has 0 aromatic rings. The summed E-state index contributed by atoms with van der Waals surface area (Å²) < 4.78 is 5.79. The third-order valence-corrected chi connectivity index (χ3v) is 3.26. The maximum Gasteiger partial charge on any atom is 0.0730 e. The number of morpholine rings is 1. The zero-order valence-corrected chi connectivity index (χ0v) is 12.0. The normalized spacial score (nSPS) is 29.8. The zero-order chi connectivity index (χ0) is 12.4. The van der Waals surface area contributed by atoms with E-state index in [0.29, 0.717) is 6.10 Å². The third kappa shape index (κ3) is 4.84. The fourth-order valence-electron chi connectivity index (χ4n) is 2.47. The van der Waals surface area contributed by atoms with Crippen LogP contribution in [0.15, 0.2) is 0 Å². The van der Waals surface area contributed by atoms with Crippen molar-refractivity contribution in [3.8, 4) is 0 Å². The Kier molecular flexibility index (Phi) is 10.0. The first-order chi connectivity index (χ1) is 7.88. The van der Waals surface area contributed by atoms with Gasteiger partial charge in [-0.2, -0.15) is 0 Å². The number of hydrogen-bond acceptors (Lipinski definition) is 2. The Hall–Kier alpha value is -0.0800. The van der Waals surface area contributed by atoms with Gasteiger partial charge in [0.15, 0.2) is 0 Å². The molecule has 1 aliphatic heterocycles. The number of likely N-dealkylation sites (N-methyl/N-ethyl adjacent to an activating group) is 1. The van der Waals surface area contributed by atoms with E-state index in [1.807, 2.05) is 27.7 Å². The van der Waals surface area contributed by atoms with Crippen molar-refractivity contribution in [2.24, 2.45) is 0 Å². The van der Waals surface area contributed by atoms with Crippen LogP contribution in [0.3, 0.4) is 0 Å². The van der Waals surface area contributed by atoms with Gasteiger partial charge < -0.3 is 4.74 Å². The molecule has 1 saturated heterocycles. The number of fused-ring (bicyclic) bond motifs is 1. The van der Waals surface area contributed by atoms with Crippen molar-refractivity contribution >= 4 is 0 Å². The molecule has 2 rings (SSSR count). The smallest absolute Gasteiger partial charge is 0.0730 e. The Morgan fingerprint density at radius 2 is 1.56 bits per heavy atom. The molecule has 1 saturated carbocycles. The molecule has 2 atom stereocenters. The molecule has 0 amide bonds. The minimum atomic E-state index is 0.547. The second-order valence-electron chi connectivity index (χ2n) is 4.10. The van der Waals surface area contributed by atoms with E-state index < -0.39 is 0 Å². The van der Waals surface area contributed by atoms with E-state index in [-0.39, 0.29) is 0 Å². The molecule has 2 fully saturated rings. The summed E-state index contributed by atoms with van der Waals surface area (Å²) in [5.41, 5.74) is 0. The molecule has 98 valence electrons. The van der Waals surface area contributed by atoms with E-state index >= 15 is 0 Å². The van der Waals surface area contributed by atoms with Crippen molar-refractivity contribution in [3.63, 3.8) is 0 Å². The lowest BCUT2D eigenvalue weighted by atomic mass is 10.0. The van der Waals surface area contributed by atoms with Crippen LogP contribution < -0.4 is 0 Å². The van der Waals surface area contributed by atoms with Gasteiger partial charge in [0.2, 0.25) is 0 Å². The Morgan fingerprint density at radius 3 is 2.25 bits per heavy atom. The van der Waals surface area contributed by atoms with Gasteiger partial charge in [0, 0.05) is 12.6 Å². The second-order valence-corrected chi connectivity index (χ2v) is 4.10. The SMILES string of the molecule is CC.CC.CN1CCOC2CCCCCC21. The van der Waals surface area contributed by atoms with E-state index in [9.17, 15) is 0 Å². The lowest BCUT2D eigenvalue weighted by molar-refractivity contribution is -0.0635. The lowest BCUT2D eigenvalue weighted by Crippen LogP contribution is -2.48. The van der Waals surface area contributed by atoms with Crippen LogP contribution in [0.25, 0.3) is 0 Å². The minimum absolute atomic E-state index is 0.547. The van der Waals surface area contributed by atoms with E-state index in [2.05, 4.69) is 11.9 Å². The van der Waals surface area contributed by atoms with Gasteiger partial charge >= 0.3 is 0 Å². The first-order valence-corrected chi connectivity index (χ1v) is 7.20. The van der Waals surface area contributed by atoms with E-state index in [0.717, 1.165) is 19.2 Å². The highest BCUT2D eigenvalue weighted by Gasteiger charge is 2.30. The number of hydrogen-bond donors (Lipinski definition) is 0. The number of nitrogens with zero attached hydrogens (tertiary/aromatic N) is 1. The second kappa shape index (κ2) is 10.1. The highest BCUT2D eigenvalue weighted by molar-refractivity contribution is 4.84. The maximum absolute atomic E-state index is 5.79. The Bertz CT molecular complexity index is 150. The average molecular weight is 229 g/mol. The molecular formula is C14H31NO. The summed E-state index contributed by atoms with van der Waals surface area (Å²) >= 11 is 0. The molecule has 0 spiro atoms. The molecule has 0 N–H and O–H groups in total. The van der Waals surface area contributed by atoms with E-state index in [4.69, 9.17) is 4.74 Å². The monoisotopic (exact) mass is 229 g/mol. The predicted molar refractivity (Wildman–Crippen MR) is 71.9 cm³/mol. The Labute approximate surface area is 102 Å². The zero-order valence-electron chi connectivity index (χ0n) is 12.0. The molecule has 2 nitrogen and oxygen atoms in total. The van der Waals surface area contributed by atoms with Crippen LogP contribution >= 0.6 is 0 Å². The van der Waals surface area contributed by atoms with Crippen LogP contribution in [0.4, 0.5) is 0 Å². The molecule has 2 unspecified atom stereocenters. The van der Waals surface area contributed by atoms with Crippen molar-refractivity contribution in [1.29, 1.82) is 0 Å². The van der Waals surface area contributed by atoms with Crippen LogP contribution in [0, 0.1) is 0 Å². The van der Waals surface area contributed by atoms with Crippen LogP contribution in [-0.2, 0) is 4.74 Å². The van der Waals surface area contributed by atoms with Crippen LogP contribution in [0.2, 0.25) is 0 Å². The minimum Gasteiger partial charge on any atom is -0.375 e. The van der Waals surface area contributed by atoms with Crippen molar-refractivity contribution in [2.45, 2.75) is 71.9 Å². The van der Waals surface area contributed by atoms with Crippen molar-refractivity contribution in [2.75, 3.05) is 20.2 Å². The maximum atomic E-state index is 5.79. The van der Waals surface area contributed by atoms with Gasteiger partial charge in [0.1, 0.15) is 0 Å². The summed E-state index contributed by atoms with van der Waals surface area (Å²) in [7, 11) is 2.24. The fraction of sp³-hybridized carbons (Fsp3) is 1.00. The van der Waals surface area contributed by atoms with Gasteiger partial charge in [-0.3, -0.25) is 4.90 Å². The fourth-order valence-corrected chi connectivity index (χ4v) is 2.47. The van der Waals surface area contributed by atoms with Crippen molar-refractivity contribution < 1.29 is 4.74 Å². The van der Waals surface area contributed by atoms with Gasteiger partial charge in [-0.05, 0) is 19.9 Å². The topological polar surface area (TPSA) is 12.5 Å². The largest absolute Gasteiger partial charge is 0.375 e. The summed E-state index contributed by atoms with van der Waals surface area (Å²) in [4.78, 5) is 2.49. The summed E-state index contributed by atoms with van der Waals surface area (Å²) in [6.07, 6.45) is 7.36. The van der Waals surface area contributed by atoms with Gasteiger partial charge in [-0.1, -0.05) is 47.0 Å². The van der Waals surface area contributed by atoms with E-state index in [1.165, 1.54) is 32.1 Å². The lowest BCUT2D eigenvalue weighted by Gasteiger charge is -2.38. The van der Waals surface area contributed by atoms with Crippen molar-refractivity contribution in [3.05, 3.63) is 0 Å². The predicted octanol–water partition coefficient (Wildman–Crippen LogP) is 3.70. The van der Waals surface area contributed by atoms with E-state index in [1.54, 1.807) is 0 Å². The van der Waals surface area contributed by atoms with Crippen LogP contribution in [-0.4, -0.2) is 37.2 Å². The average Bonchev–Trinajstić information content (AvgIpc) is 2.60. The highest BCUT2D eigenvalue weighted by atomic mass is 16.5. The quantitative estimate of drug-likeness (QED) is 0.628. The van der Waals surface area contributed by atoms with Gasteiger partial charge in [-0.25, -0.2) is 0 Å². The third-order valence-electron chi connectivity index (χ3n) is 3.26. The summed E-state index contributed by atoms with van der Waals surface area (Å²) in [5.74, 6) is 0. The van der Waals surface area contributed by atoms with Gasteiger partial charge in [-0.15, -0.1) is 0 Å². The molecule has 0 aromatic heterocycles. The molecule has 0 radical (unpaired) electrons. The molecule has 0 bridgehead atoms. The molecule has 0 aromatic carbocycles. The van der Waals surface area contributed by atoms with Gasteiger partial charge in [0.25, 0.3) is 0 Å². The van der Waals surface area contributed by atoms with Gasteiger partial charge in [0.05, 0.1) is 12.7 Å². The molecule has 16 heavy (non-hydrogen) atoms. The molecule has 2 aliphatic rings. The molecule has 2 heteroatoms. The number of ether oxygens (including phenoxy) is 1. The summed E-state index contributed by atoms with van der Waals surface area (Å²) in [6, 6.07) is 0.723. The first-order valence-electron chi connectivity index (χ1n) is 7.20. The molecule has 1 heterocycles. The molecule has 1 aliphatic carbocycles. The van der Waals surface area contributed by atoms with Crippen LogP contribution in [0.5, 0.6) is 0 Å². The Balaban J connectivity index is 0.000000509. The summed E-state index contributed by atoms with van der Waals surface area (Å²) in [6.45, 7) is 10.1.